The fourth-order valence-corrected chi connectivity index (χ4v) is 2.41. The van der Waals surface area contributed by atoms with Gasteiger partial charge in [0.25, 0.3) is 0 Å². The van der Waals surface area contributed by atoms with Crippen molar-refractivity contribution in [2.75, 3.05) is 5.01 Å². The van der Waals surface area contributed by atoms with Crippen LogP contribution < -0.4 is 15.8 Å². The predicted octanol–water partition coefficient (Wildman–Crippen LogP) is 3.23. The van der Waals surface area contributed by atoms with E-state index in [-0.39, 0.29) is 0 Å². The maximum Gasteiger partial charge on any atom is 0.185 e. The van der Waals surface area contributed by atoms with Gasteiger partial charge in [0.1, 0.15) is 0 Å². The molecule has 0 radical (unpaired) electrons. The molecule has 4 heteroatoms. The van der Waals surface area contributed by atoms with E-state index < -0.39 is 0 Å². The van der Waals surface area contributed by atoms with E-state index in [4.69, 9.17) is 12.2 Å². The number of thiocarbonyl (C=S) groups is 1. The number of benzene rings is 2. The Balaban J connectivity index is 1.72. The van der Waals surface area contributed by atoms with E-state index in [9.17, 15) is 0 Å². The van der Waals surface area contributed by atoms with Gasteiger partial charge in [-0.2, -0.15) is 0 Å². The van der Waals surface area contributed by atoms with Crippen LogP contribution in [0.5, 0.6) is 0 Å². The summed E-state index contributed by atoms with van der Waals surface area (Å²) in [6, 6.07) is 21.2. The first kappa shape index (κ1) is 13.9. The van der Waals surface area contributed by atoms with Crippen molar-refractivity contribution in [3.05, 3.63) is 66.2 Å². The van der Waals surface area contributed by atoms with Gasteiger partial charge in [-0.15, -0.1) is 0 Å². The SMILES string of the molecule is S=C(NC1CC1)NN(Cc1ccccc1)c1ccccc1. The van der Waals surface area contributed by atoms with Gasteiger partial charge in [0.05, 0.1) is 12.2 Å². The lowest BCUT2D eigenvalue weighted by atomic mass is 10.2. The van der Waals surface area contributed by atoms with E-state index in [1.165, 1.54) is 18.4 Å². The molecular formula is C17H19N3S. The van der Waals surface area contributed by atoms with Gasteiger partial charge in [0.15, 0.2) is 5.11 Å². The average molecular weight is 297 g/mol. The largest absolute Gasteiger partial charge is 0.359 e. The summed E-state index contributed by atoms with van der Waals surface area (Å²) in [5.74, 6) is 0. The van der Waals surface area contributed by atoms with Crippen LogP contribution in [0.25, 0.3) is 0 Å². The third-order valence-electron chi connectivity index (χ3n) is 3.40. The highest BCUT2D eigenvalue weighted by Gasteiger charge is 2.22. The first-order valence-corrected chi connectivity index (χ1v) is 7.66. The third kappa shape index (κ3) is 4.20. The van der Waals surface area contributed by atoms with E-state index in [0.29, 0.717) is 11.2 Å². The molecular weight excluding hydrogens is 278 g/mol. The van der Waals surface area contributed by atoms with Crippen LogP contribution in [0.4, 0.5) is 5.69 Å². The first-order chi connectivity index (χ1) is 10.3. The van der Waals surface area contributed by atoms with E-state index in [0.717, 1.165) is 12.2 Å². The molecule has 21 heavy (non-hydrogen) atoms. The molecule has 1 fully saturated rings. The molecule has 1 aliphatic rings. The van der Waals surface area contributed by atoms with Crippen LogP contribution in [0, 0.1) is 0 Å². The molecule has 3 nitrogen and oxygen atoms in total. The second-order valence-electron chi connectivity index (χ2n) is 5.27. The zero-order valence-electron chi connectivity index (χ0n) is 11.8. The lowest BCUT2D eigenvalue weighted by Crippen LogP contribution is -2.47. The fraction of sp³-hybridized carbons (Fsp3) is 0.235. The summed E-state index contributed by atoms with van der Waals surface area (Å²) in [5.41, 5.74) is 5.64. The third-order valence-corrected chi connectivity index (χ3v) is 3.61. The van der Waals surface area contributed by atoms with Crippen LogP contribution in [0.1, 0.15) is 18.4 Å². The molecule has 0 aromatic heterocycles. The van der Waals surface area contributed by atoms with Crippen molar-refractivity contribution in [3.8, 4) is 0 Å². The molecule has 0 bridgehead atoms. The highest BCUT2D eigenvalue weighted by Crippen LogP contribution is 2.19. The Morgan fingerprint density at radius 1 is 1.00 bits per heavy atom. The Hall–Kier alpha value is -2.07. The summed E-state index contributed by atoms with van der Waals surface area (Å²) in [6.45, 7) is 0.761. The number of nitrogens with one attached hydrogen (secondary N) is 2. The van der Waals surface area contributed by atoms with Crippen LogP contribution >= 0.6 is 12.2 Å². The van der Waals surface area contributed by atoms with Crippen molar-refractivity contribution < 1.29 is 0 Å². The summed E-state index contributed by atoms with van der Waals surface area (Å²) >= 11 is 5.40. The highest BCUT2D eigenvalue weighted by molar-refractivity contribution is 7.80. The maximum absolute atomic E-state index is 5.40. The van der Waals surface area contributed by atoms with Crippen molar-refractivity contribution in [1.82, 2.24) is 10.7 Å². The quantitative estimate of drug-likeness (QED) is 0.654. The first-order valence-electron chi connectivity index (χ1n) is 7.25. The Morgan fingerprint density at radius 3 is 2.24 bits per heavy atom. The molecule has 0 atom stereocenters. The minimum Gasteiger partial charge on any atom is -0.359 e. The molecule has 3 rings (SSSR count). The maximum atomic E-state index is 5.40. The van der Waals surface area contributed by atoms with Crippen molar-refractivity contribution in [2.24, 2.45) is 0 Å². The minimum absolute atomic E-state index is 0.555. The zero-order valence-corrected chi connectivity index (χ0v) is 12.6. The summed E-state index contributed by atoms with van der Waals surface area (Å²) < 4.78 is 0. The van der Waals surface area contributed by atoms with Crippen LogP contribution in [0.2, 0.25) is 0 Å². The predicted molar refractivity (Wildman–Crippen MR) is 91.0 cm³/mol. The second kappa shape index (κ2) is 6.59. The van der Waals surface area contributed by atoms with Crippen LogP contribution in [0.15, 0.2) is 60.7 Å². The molecule has 2 aromatic rings. The number of hydrazine groups is 1. The summed E-state index contributed by atoms with van der Waals surface area (Å²) in [5, 5.41) is 6.09. The van der Waals surface area contributed by atoms with Crippen LogP contribution in [-0.2, 0) is 6.54 Å². The Bertz CT molecular complexity index is 581. The van der Waals surface area contributed by atoms with E-state index >= 15 is 0 Å². The monoisotopic (exact) mass is 297 g/mol. The van der Waals surface area contributed by atoms with Crippen LogP contribution in [-0.4, -0.2) is 11.2 Å². The molecule has 1 saturated carbocycles. The van der Waals surface area contributed by atoms with Gasteiger partial charge in [-0.05, 0) is 42.8 Å². The van der Waals surface area contributed by atoms with Gasteiger partial charge >= 0.3 is 0 Å². The number of hydrogen-bond acceptors (Lipinski definition) is 2. The van der Waals surface area contributed by atoms with Crippen molar-refractivity contribution >= 4 is 23.0 Å². The molecule has 0 aliphatic heterocycles. The van der Waals surface area contributed by atoms with Gasteiger partial charge in [-0.3, -0.25) is 10.4 Å². The molecule has 0 spiro atoms. The molecule has 0 heterocycles. The topological polar surface area (TPSA) is 27.3 Å². The molecule has 0 unspecified atom stereocenters. The second-order valence-corrected chi connectivity index (χ2v) is 5.68. The van der Waals surface area contributed by atoms with Gasteiger partial charge in [-0.1, -0.05) is 48.5 Å². The lowest BCUT2D eigenvalue weighted by molar-refractivity contribution is 0.739. The number of para-hydroxylation sites is 1. The normalized spacial score (nSPS) is 13.5. The fourth-order valence-electron chi connectivity index (χ4n) is 2.14. The highest BCUT2D eigenvalue weighted by atomic mass is 32.1. The average Bonchev–Trinajstić information content (AvgIpc) is 3.32. The molecule has 0 amide bonds. The van der Waals surface area contributed by atoms with Crippen molar-refractivity contribution in [2.45, 2.75) is 25.4 Å². The lowest BCUT2D eigenvalue weighted by Gasteiger charge is -2.27. The smallest absolute Gasteiger partial charge is 0.185 e. The molecule has 0 saturated heterocycles. The Labute approximate surface area is 130 Å². The van der Waals surface area contributed by atoms with Gasteiger partial charge in [0, 0.05) is 6.04 Å². The van der Waals surface area contributed by atoms with Crippen molar-refractivity contribution in [1.29, 1.82) is 0 Å². The number of rotatable bonds is 5. The number of nitrogens with zero attached hydrogens (tertiary/aromatic N) is 1. The number of hydrogen-bond donors (Lipinski definition) is 2. The molecule has 2 aromatic carbocycles. The van der Waals surface area contributed by atoms with Crippen molar-refractivity contribution in [3.63, 3.8) is 0 Å². The molecule has 2 N–H and O–H groups in total. The van der Waals surface area contributed by atoms with E-state index in [1.807, 2.05) is 24.3 Å². The van der Waals surface area contributed by atoms with Gasteiger partial charge in [-0.25, -0.2) is 0 Å². The van der Waals surface area contributed by atoms with Gasteiger partial charge in [0.2, 0.25) is 0 Å². The standard InChI is InChI=1S/C17H19N3S/c21-17(18-15-11-12-15)19-20(16-9-5-2-6-10-16)13-14-7-3-1-4-8-14/h1-10,15H,11-13H2,(H2,18,19,21). The van der Waals surface area contributed by atoms with Gasteiger partial charge < -0.3 is 5.32 Å². The molecule has 1 aliphatic carbocycles. The Kier molecular flexibility index (Phi) is 4.36. The van der Waals surface area contributed by atoms with E-state index in [1.54, 1.807) is 0 Å². The molecule has 108 valence electrons. The van der Waals surface area contributed by atoms with E-state index in [2.05, 4.69) is 52.1 Å². The Morgan fingerprint density at radius 2 is 1.62 bits per heavy atom. The summed E-state index contributed by atoms with van der Waals surface area (Å²) in [6.07, 6.45) is 2.43. The zero-order chi connectivity index (χ0) is 14.5. The minimum atomic E-state index is 0.555. The summed E-state index contributed by atoms with van der Waals surface area (Å²) in [4.78, 5) is 0. The summed E-state index contributed by atoms with van der Waals surface area (Å²) in [7, 11) is 0. The van der Waals surface area contributed by atoms with Crippen LogP contribution in [0.3, 0.4) is 0 Å². The number of anilines is 1.